The van der Waals surface area contributed by atoms with Crippen molar-refractivity contribution in [3.05, 3.63) is 242 Å². The molecule has 0 aliphatic carbocycles. The fourth-order valence-electron chi connectivity index (χ4n) is 10.6. The summed E-state index contributed by atoms with van der Waals surface area (Å²) in [4.78, 5) is 5.67. The first-order chi connectivity index (χ1) is 32.7. The summed E-state index contributed by atoms with van der Waals surface area (Å²) >= 11 is -0.711. The molecule has 0 atom stereocenters. The molecule has 1 aliphatic heterocycles. The number of rotatable bonds is 4. The Kier molecular flexibility index (Phi) is 8.40. The number of benzene rings is 11. The minimum atomic E-state index is -0.711. The van der Waals surface area contributed by atoms with Crippen molar-refractivity contribution in [3.8, 4) is 16.8 Å². The van der Waals surface area contributed by atoms with E-state index in [1.165, 1.54) is 113 Å². The van der Waals surface area contributed by atoms with E-state index in [1.807, 2.05) is 0 Å². The molecule has 0 N–H and O–H groups in total. The lowest BCUT2D eigenvalue weighted by atomic mass is 9.99. The third-order valence-corrected chi connectivity index (χ3v) is 16.3. The second-order valence-corrected chi connectivity index (χ2v) is 19.9. The molecule has 2 aromatic heterocycles. The Bertz CT molecular complexity index is 4200. The predicted molar refractivity (Wildman–Crippen MR) is 291 cm³/mol. The molecule has 0 saturated heterocycles. The fraction of sp³-hybridized carbons (Fsp3) is 0. The maximum Gasteiger partial charge on any atom is 0.171 e. The lowest BCUT2D eigenvalue weighted by Crippen LogP contribution is -2.11. The van der Waals surface area contributed by atoms with E-state index in [1.54, 1.807) is 0 Å². The summed E-state index contributed by atoms with van der Waals surface area (Å²) in [7, 11) is 0. The number of aliphatic imine (C=N–C) groups is 1. The van der Waals surface area contributed by atoms with Gasteiger partial charge in [0.2, 0.25) is 0 Å². The monoisotopic (exact) mass is 951 g/mol. The number of nitrogens with zero attached hydrogens (tertiary/aromatic N) is 3. The van der Waals surface area contributed by atoms with Gasteiger partial charge >= 0.3 is 0 Å². The van der Waals surface area contributed by atoms with Gasteiger partial charge in [0, 0.05) is 36.3 Å². The quantitative estimate of drug-likeness (QED) is 0.124. The number of halogens is 1. The maximum absolute atomic E-state index is 5.67. The van der Waals surface area contributed by atoms with Crippen LogP contribution in [0.2, 0.25) is 0 Å². The van der Waals surface area contributed by atoms with Crippen LogP contribution in [0.5, 0.6) is 0 Å². The van der Waals surface area contributed by atoms with Gasteiger partial charge in [0.1, 0.15) is 0 Å². The van der Waals surface area contributed by atoms with Crippen molar-refractivity contribution < 1.29 is 0 Å². The summed E-state index contributed by atoms with van der Waals surface area (Å²) < 4.78 is 7.38. The van der Waals surface area contributed by atoms with Crippen LogP contribution >= 0.6 is 20.7 Å². The van der Waals surface area contributed by atoms with Crippen LogP contribution < -0.4 is 0 Å². The molecule has 0 fully saturated rings. The molecule has 3 nitrogen and oxygen atoms in total. The molecule has 11 aromatic carbocycles. The molecule has 0 bridgehead atoms. The maximum atomic E-state index is 5.67. The minimum Gasteiger partial charge on any atom is -0.309 e. The van der Waals surface area contributed by atoms with Crippen LogP contribution in [-0.4, -0.2) is 16.5 Å². The van der Waals surface area contributed by atoms with Crippen molar-refractivity contribution >= 4 is 120 Å². The van der Waals surface area contributed by atoms with E-state index in [0.29, 0.717) is 0 Å². The van der Waals surface area contributed by atoms with E-state index >= 15 is 0 Å². The molecule has 0 radical (unpaired) electrons. The van der Waals surface area contributed by atoms with Gasteiger partial charge in [-0.15, -0.1) is 0 Å². The largest absolute Gasteiger partial charge is 0.309 e. The van der Waals surface area contributed by atoms with Crippen LogP contribution in [-0.2, 0) is 0 Å². The van der Waals surface area contributed by atoms with Crippen molar-refractivity contribution in [3.63, 3.8) is 0 Å². The highest BCUT2D eigenvalue weighted by Crippen LogP contribution is 2.41. The second kappa shape index (κ2) is 14.8. The number of fused-ring (bicyclic) bond motifs is 11. The van der Waals surface area contributed by atoms with Crippen LogP contribution in [0.25, 0.3) is 109 Å². The van der Waals surface area contributed by atoms with Gasteiger partial charge in [0.25, 0.3) is 0 Å². The normalized spacial score (nSPS) is 13.2. The Morgan fingerprint density at radius 3 is 1.48 bits per heavy atom. The van der Waals surface area contributed by atoms with Gasteiger partial charge in [-0.1, -0.05) is 176 Å². The minimum absolute atomic E-state index is 0.711. The van der Waals surface area contributed by atoms with Crippen molar-refractivity contribution in [2.24, 2.45) is 4.99 Å². The van der Waals surface area contributed by atoms with Crippen LogP contribution in [0, 0.1) is 0 Å². The molecule has 0 saturated carbocycles. The van der Waals surface area contributed by atoms with Crippen LogP contribution in [0.4, 0.5) is 0 Å². The Balaban J connectivity index is 0.934. The third kappa shape index (κ3) is 5.81. The number of hydrogen-bond donors (Lipinski definition) is 0. The Morgan fingerprint density at radius 1 is 0.318 bits per heavy atom. The highest BCUT2D eigenvalue weighted by atomic mass is 127. The topological polar surface area (TPSA) is 22.2 Å². The van der Waals surface area contributed by atoms with E-state index in [9.17, 15) is 0 Å². The molecule has 4 heteroatoms. The van der Waals surface area contributed by atoms with Crippen LogP contribution in [0.1, 0.15) is 11.1 Å². The molecular formula is C62H38IN3. The number of allylic oxidation sites excluding steroid dienone is 1. The summed E-state index contributed by atoms with van der Waals surface area (Å²) in [6, 6.07) is 82.6. The summed E-state index contributed by atoms with van der Waals surface area (Å²) in [6.45, 7) is 0. The fourth-order valence-corrected chi connectivity index (χ4v) is 13.4. The zero-order valence-electron chi connectivity index (χ0n) is 35.7. The van der Waals surface area contributed by atoms with Crippen LogP contribution in [0.3, 0.4) is 0 Å². The smallest absolute Gasteiger partial charge is 0.171 e. The summed E-state index contributed by atoms with van der Waals surface area (Å²) in [5, 5.41) is 15.0. The molecular weight excluding hydrogens is 914 g/mol. The van der Waals surface area contributed by atoms with Gasteiger partial charge in [-0.05, 0) is 135 Å². The molecule has 0 unspecified atom stereocenters. The summed E-state index contributed by atoms with van der Waals surface area (Å²) in [6.07, 6.45) is 2.38. The molecule has 14 rings (SSSR count). The summed E-state index contributed by atoms with van der Waals surface area (Å²) in [5.74, 6) is 0. The van der Waals surface area contributed by atoms with E-state index < -0.39 is 20.7 Å². The first-order valence-corrected chi connectivity index (χ1v) is 24.7. The third-order valence-electron chi connectivity index (χ3n) is 13.6. The highest BCUT2D eigenvalue weighted by molar-refractivity contribution is 14.2. The lowest BCUT2D eigenvalue weighted by molar-refractivity contribution is 1.19. The summed E-state index contributed by atoms with van der Waals surface area (Å²) in [5.41, 5.74) is 11.8. The zero-order valence-corrected chi connectivity index (χ0v) is 37.8. The molecule has 1 aliphatic rings. The van der Waals surface area contributed by atoms with Crippen molar-refractivity contribution in [1.82, 2.24) is 9.13 Å². The average Bonchev–Trinajstić information content (AvgIpc) is 3.90. The van der Waals surface area contributed by atoms with Crippen molar-refractivity contribution in [1.29, 1.82) is 0 Å². The Hall–Kier alpha value is -7.93. The van der Waals surface area contributed by atoms with Gasteiger partial charge in [0.15, 0.2) is 3.84 Å². The number of para-hydroxylation sites is 2. The molecule has 0 spiro atoms. The second-order valence-electron chi connectivity index (χ2n) is 17.3. The van der Waals surface area contributed by atoms with E-state index in [-0.39, 0.29) is 0 Å². The first-order valence-electron chi connectivity index (χ1n) is 22.5. The van der Waals surface area contributed by atoms with Crippen LogP contribution in [0.15, 0.2) is 236 Å². The van der Waals surface area contributed by atoms with Gasteiger partial charge in [-0.3, -0.25) is 4.57 Å². The zero-order chi connectivity index (χ0) is 43.3. The van der Waals surface area contributed by atoms with E-state index in [4.69, 9.17) is 4.99 Å². The van der Waals surface area contributed by atoms with Gasteiger partial charge < -0.3 is 4.57 Å². The molecule has 0 amide bonds. The van der Waals surface area contributed by atoms with E-state index in [2.05, 4.69) is 240 Å². The Morgan fingerprint density at radius 2 is 0.803 bits per heavy atom. The SMILES string of the molecule is C1=C(c2cccc3ccccc23)N=C(n2c3ccccc3c3cc(-c4ccc5c(c4)c4ccccc4n5-c4ccc5c(ccc6ccccc65)c4)ccc32)I=C1c1cccc2ccccc12. The number of aromatic nitrogens is 2. The van der Waals surface area contributed by atoms with Gasteiger partial charge in [-0.25, -0.2) is 4.99 Å². The molecule has 308 valence electrons. The van der Waals surface area contributed by atoms with Crippen molar-refractivity contribution in [2.45, 2.75) is 0 Å². The van der Waals surface area contributed by atoms with Gasteiger partial charge in [-0.2, -0.15) is 0 Å². The van der Waals surface area contributed by atoms with E-state index in [0.717, 1.165) is 15.1 Å². The molecule has 13 aromatic rings. The van der Waals surface area contributed by atoms with Crippen molar-refractivity contribution in [2.75, 3.05) is 0 Å². The lowest BCUT2D eigenvalue weighted by Gasteiger charge is -2.18. The molecule has 3 heterocycles. The predicted octanol–water partition coefficient (Wildman–Crippen LogP) is 16.6. The Labute approximate surface area is 390 Å². The highest BCUT2D eigenvalue weighted by Gasteiger charge is 2.22. The molecule has 66 heavy (non-hydrogen) atoms. The number of hydrogen-bond acceptors (Lipinski definition) is 1. The van der Waals surface area contributed by atoms with Gasteiger partial charge in [0.05, 0.1) is 27.8 Å². The average molecular weight is 952 g/mol. The standard InChI is InChI=1S/C62H38IN3/c1-5-19-47-39(13-1)16-11-23-50(47)56-38-57(51-24-12-17-40-14-2-6-20-48(40)51)64-62(63-56)66-59-26-10-8-22-53(59)55-37-43(30-34-61(55)66)42-29-33-60-54(36-42)52-21-7-9-25-58(52)65(60)45-31-32-49-44(35-45)28-27-41-15-3-4-18-46(41)49/h1-38H. The first kappa shape index (κ1) is 37.4.